The standard InChI is InChI=1S/C21H12F5N3O4S/c22-20(23,24)12-6-2-1-4-10(12)9-31-14-8-15(34-17(14)18(27)30)29-13-7-3-5-11(13)16-19(28-29)33-21(25,26)32-16/h1-8H,9H2,(H2,27,30). The van der Waals surface area contributed by atoms with Gasteiger partial charge >= 0.3 is 12.5 Å². The lowest BCUT2D eigenvalue weighted by atomic mass is 10.1. The monoisotopic (exact) mass is 497 g/mol. The number of nitrogens with zero attached hydrogens (tertiary/aromatic N) is 2. The molecule has 7 nitrogen and oxygen atoms in total. The largest absolute Gasteiger partial charge is 0.587 e. The van der Waals surface area contributed by atoms with Crippen molar-refractivity contribution >= 4 is 17.2 Å². The number of thiophene rings is 1. The molecule has 3 heterocycles. The summed E-state index contributed by atoms with van der Waals surface area (Å²) in [6.07, 6.45) is -8.49. The number of halogens is 5. The lowest BCUT2D eigenvalue weighted by Crippen LogP contribution is -2.26. The van der Waals surface area contributed by atoms with Gasteiger partial charge in [0.25, 0.3) is 11.8 Å². The molecule has 0 unspecified atom stereocenters. The highest BCUT2D eigenvalue weighted by Crippen LogP contribution is 2.48. The Labute approximate surface area is 191 Å². The van der Waals surface area contributed by atoms with Crippen molar-refractivity contribution in [2.45, 2.75) is 19.1 Å². The Morgan fingerprint density at radius 1 is 1.15 bits per heavy atom. The van der Waals surface area contributed by atoms with E-state index in [0.717, 1.165) is 17.4 Å². The number of carbonyl (C=O) groups is 1. The van der Waals surface area contributed by atoms with E-state index in [1.54, 1.807) is 12.1 Å². The molecule has 0 spiro atoms. The molecule has 1 aromatic carbocycles. The first-order chi connectivity index (χ1) is 16.0. The Hall–Kier alpha value is -3.87. The second kappa shape index (κ2) is 7.58. The van der Waals surface area contributed by atoms with E-state index in [1.165, 1.54) is 35.0 Å². The number of hydrogen-bond donors (Lipinski definition) is 1. The molecule has 0 bridgehead atoms. The number of fused-ring (bicyclic) bond motifs is 3. The molecule has 0 fully saturated rings. The van der Waals surface area contributed by atoms with Gasteiger partial charge in [-0.05, 0) is 18.2 Å². The number of carbonyl (C=O) groups excluding carboxylic acids is 1. The molecule has 0 radical (unpaired) electrons. The minimum absolute atomic E-state index is 0.0820. The number of amides is 1. The van der Waals surface area contributed by atoms with Crippen LogP contribution in [0.4, 0.5) is 22.0 Å². The molecular formula is C21H12F5N3O4S. The zero-order valence-electron chi connectivity index (χ0n) is 16.7. The number of rotatable bonds is 5. The van der Waals surface area contributed by atoms with Crippen molar-refractivity contribution in [1.29, 1.82) is 0 Å². The van der Waals surface area contributed by atoms with Crippen LogP contribution >= 0.6 is 11.3 Å². The van der Waals surface area contributed by atoms with Gasteiger partial charge in [0, 0.05) is 17.2 Å². The molecule has 5 rings (SSSR count). The van der Waals surface area contributed by atoms with Crippen LogP contribution in [0.5, 0.6) is 17.4 Å². The normalized spacial score (nSPS) is 14.5. The van der Waals surface area contributed by atoms with Crippen LogP contribution in [0.3, 0.4) is 0 Å². The zero-order valence-corrected chi connectivity index (χ0v) is 17.5. The first-order valence-corrected chi connectivity index (χ1v) is 10.3. The first kappa shape index (κ1) is 21.9. The molecule has 1 aromatic heterocycles. The quantitative estimate of drug-likeness (QED) is 0.390. The molecule has 2 aromatic rings. The van der Waals surface area contributed by atoms with E-state index < -0.39 is 36.4 Å². The van der Waals surface area contributed by atoms with E-state index in [4.69, 9.17) is 10.5 Å². The Kier molecular flexibility index (Phi) is 4.90. The molecule has 0 saturated heterocycles. The van der Waals surface area contributed by atoms with Crippen LogP contribution in [0.2, 0.25) is 0 Å². The number of hydrogen-bond acceptors (Lipinski definition) is 6. The fourth-order valence-corrected chi connectivity index (χ4v) is 4.42. The first-order valence-electron chi connectivity index (χ1n) is 9.53. The summed E-state index contributed by atoms with van der Waals surface area (Å²) < 4.78 is 82.8. The van der Waals surface area contributed by atoms with Gasteiger partial charge in [-0.25, -0.2) is 4.68 Å². The van der Waals surface area contributed by atoms with Crippen molar-refractivity contribution in [1.82, 2.24) is 9.78 Å². The molecule has 3 aliphatic rings. The van der Waals surface area contributed by atoms with Crippen molar-refractivity contribution in [2.75, 3.05) is 0 Å². The summed E-state index contributed by atoms with van der Waals surface area (Å²) in [5.74, 6) is -1.68. The second-order valence-corrected chi connectivity index (χ2v) is 8.15. The van der Waals surface area contributed by atoms with Crippen LogP contribution in [0.15, 0.2) is 48.5 Å². The van der Waals surface area contributed by atoms with Crippen molar-refractivity contribution in [2.24, 2.45) is 5.73 Å². The molecule has 13 heteroatoms. The van der Waals surface area contributed by atoms with Crippen molar-refractivity contribution in [3.63, 3.8) is 0 Å². The average Bonchev–Trinajstić information content (AvgIpc) is 3.46. The Morgan fingerprint density at radius 3 is 2.65 bits per heavy atom. The molecule has 2 aliphatic heterocycles. The lowest BCUT2D eigenvalue weighted by Gasteiger charge is -2.13. The molecule has 0 saturated carbocycles. The maximum Gasteiger partial charge on any atom is 0.587 e. The van der Waals surface area contributed by atoms with E-state index in [-0.39, 0.29) is 32.5 Å². The van der Waals surface area contributed by atoms with Crippen LogP contribution in [-0.2, 0) is 12.8 Å². The summed E-state index contributed by atoms with van der Waals surface area (Å²) >= 11 is 0.824. The SMILES string of the molecule is NC(=O)c1sc(-n2nc3c(c4cccc2-4)OC(F)(F)O3)cc1OCc1ccccc1C(F)(F)F. The summed E-state index contributed by atoms with van der Waals surface area (Å²) in [7, 11) is 0. The van der Waals surface area contributed by atoms with Crippen LogP contribution in [0, 0.1) is 0 Å². The van der Waals surface area contributed by atoms with Gasteiger partial charge in [0.05, 0.1) is 11.3 Å². The second-order valence-electron chi connectivity index (χ2n) is 7.12. The maximum absolute atomic E-state index is 13.6. The molecular weight excluding hydrogens is 485 g/mol. The molecule has 2 N–H and O–H groups in total. The topological polar surface area (TPSA) is 88.6 Å². The zero-order chi connectivity index (χ0) is 24.3. The summed E-state index contributed by atoms with van der Waals surface area (Å²) in [6.45, 7) is -0.497. The fraction of sp³-hybridized carbons (Fsp3) is 0.143. The predicted octanol–water partition coefficient (Wildman–Crippen LogP) is 5.06. The summed E-state index contributed by atoms with van der Waals surface area (Å²) in [5, 5.41) is 4.27. The highest BCUT2D eigenvalue weighted by atomic mass is 32.1. The Bertz CT molecular complexity index is 1380. The van der Waals surface area contributed by atoms with Crippen molar-refractivity contribution in [3.8, 4) is 33.6 Å². The number of ether oxygens (including phenoxy) is 3. The third kappa shape index (κ3) is 3.77. The molecule has 1 aliphatic carbocycles. The van der Waals surface area contributed by atoms with Gasteiger partial charge < -0.3 is 19.9 Å². The van der Waals surface area contributed by atoms with Gasteiger partial charge in [-0.3, -0.25) is 4.79 Å². The summed E-state index contributed by atoms with van der Waals surface area (Å²) in [4.78, 5) is 11.9. The number of aromatic nitrogens is 2. The van der Waals surface area contributed by atoms with Gasteiger partial charge in [-0.15, -0.1) is 25.2 Å². The van der Waals surface area contributed by atoms with Gasteiger partial charge in [-0.1, -0.05) is 24.3 Å². The van der Waals surface area contributed by atoms with E-state index >= 15 is 0 Å². The number of primary amides is 1. The van der Waals surface area contributed by atoms with Crippen molar-refractivity contribution in [3.05, 3.63) is 64.5 Å². The summed E-state index contributed by atoms with van der Waals surface area (Å²) in [6, 6.07) is 10.9. The van der Waals surface area contributed by atoms with Crippen LogP contribution < -0.4 is 19.9 Å². The maximum atomic E-state index is 13.6. The van der Waals surface area contributed by atoms with E-state index in [9.17, 15) is 26.7 Å². The third-order valence-corrected chi connectivity index (χ3v) is 6.02. The molecule has 176 valence electrons. The smallest absolute Gasteiger partial charge is 0.487 e. The number of benzene rings is 1. The van der Waals surface area contributed by atoms with Crippen LogP contribution in [-0.4, -0.2) is 22.0 Å². The van der Waals surface area contributed by atoms with Gasteiger partial charge in [0.1, 0.15) is 22.2 Å². The lowest BCUT2D eigenvalue weighted by molar-refractivity contribution is -0.287. The third-order valence-electron chi connectivity index (χ3n) is 4.91. The van der Waals surface area contributed by atoms with Gasteiger partial charge in [0.15, 0.2) is 0 Å². The average molecular weight is 497 g/mol. The molecule has 1 amide bonds. The van der Waals surface area contributed by atoms with Crippen LogP contribution in [0.25, 0.3) is 16.3 Å². The molecule has 34 heavy (non-hydrogen) atoms. The minimum Gasteiger partial charge on any atom is -0.487 e. The number of nitrogens with two attached hydrogens (primary N) is 1. The highest BCUT2D eigenvalue weighted by molar-refractivity contribution is 7.16. The van der Waals surface area contributed by atoms with E-state index in [0.29, 0.717) is 5.69 Å². The van der Waals surface area contributed by atoms with E-state index in [1.807, 2.05) is 0 Å². The van der Waals surface area contributed by atoms with Crippen LogP contribution in [0.1, 0.15) is 20.8 Å². The van der Waals surface area contributed by atoms with Gasteiger partial charge in [-0.2, -0.15) is 13.2 Å². The van der Waals surface area contributed by atoms with E-state index in [2.05, 4.69) is 14.6 Å². The highest BCUT2D eigenvalue weighted by Gasteiger charge is 2.47. The molecule has 0 atom stereocenters. The predicted molar refractivity (Wildman–Crippen MR) is 109 cm³/mol. The Morgan fingerprint density at radius 2 is 1.91 bits per heavy atom. The van der Waals surface area contributed by atoms with Gasteiger partial charge in [0.2, 0.25) is 5.75 Å². The Balaban J connectivity index is 1.53. The minimum atomic E-state index is -4.59. The number of alkyl halides is 5. The van der Waals surface area contributed by atoms with Crippen molar-refractivity contribution < 1.29 is 41.0 Å². The fourth-order valence-electron chi connectivity index (χ4n) is 3.50. The summed E-state index contributed by atoms with van der Waals surface area (Å²) in [5.41, 5.74) is 5.04.